The van der Waals surface area contributed by atoms with E-state index in [2.05, 4.69) is 0 Å². The quantitative estimate of drug-likeness (QED) is 0.459. The van der Waals surface area contributed by atoms with E-state index in [1.165, 1.54) is 6.07 Å². The van der Waals surface area contributed by atoms with Gasteiger partial charge in [-0.05, 0) is 33.3 Å². The highest BCUT2D eigenvalue weighted by Crippen LogP contribution is 2.40. The lowest BCUT2D eigenvalue weighted by Crippen LogP contribution is -2.24. The number of hydrogen-bond acceptors (Lipinski definition) is 6. The number of rotatable bonds is 4. The van der Waals surface area contributed by atoms with Crippen molar-refractivity contribution in [1.82, 2.24) is 0 Å². The van der Waals surface area contributed by atoms with Gasteiger partial charge in [-0.2, -0.15) is 0 Å². The Morgan fingerprint density at radius 1 is 1.25 bits per heavy atom. The van der Waals surface area contributed by atoms with Gasteiger partial charge in [0.1, 0.15) is 5.76 Å². The summed E-state index contributed by atoms with van der Waals surface area (Å²) in [7, 11) is 0. The number of thioether (sulfide) groups is 1. The lowest BCUT2D eigenvalue weighted by atomic mass is 9.97. The molecular weight excluding hydrogens is 330 g/mol. The number of benzene rings is 1. The van der Waals surface area contributed by atoms with Crippen molar-refractivity contribution in [3.63, 3.8) is 0 Å². The first-order valence-corrected chi connectivity index (χ1v) is 8.41. The fourth-order valence-corrected chi connectivity index (χ4v) is 3.16. The van der Waals surface area contributed by atoms with Crippen LogP contribution in [0, 0.1) is 15.5 Å². The topological polar surface area (TPSA) is 86.5 Å². The van der Waals surface area contributed by atoms with Gasteiger partial charge >= 0.3 is 5.97 Å². The number of Topliss-reactive ketones (excluding diaryl/α,β-unsaturated/α-hetero) is 1. The highest BCUT2D eigenvalue weighted by atomic mass is 32.2. The Morgan fingerprint density at radius 2 is 1.92 bits per heavy atom. The van der Waals surface area contributed by atoms with Gasteiger partial charge in [-0.1, -0.05) is 23.9 Å². The Hall–Kier alpha value is -2.15. The number of nitrogens with zero attached hydrogens (tertiary/aromatic N) is 1. The smallest absolute Gasteiger partial charge is 0.316 e. The summed E-state index contributed by atoms with van der Waals surface area (Å²) in [5.41, 5.74) is -0.767. The third-order valence-electron chi connectivity index (χ3n) is 3.42. The summed E-state index contributed by atoms with van der Waals surface area (Å²) in [6.07, 6.45) is 1.42. The van der Waals surface area contributed by atoms with Gasteiger partial charge < -0.3 is 4.74 Å². The molecule has 1 aromatic rings. The van der Waals surface area contributed by atoms with Crippen LogP contribution in [0.3, 0.4) is 0 Å². The standard InChI is InChI=1S/C17H19NO5S/c1-17(2,3)16(20)23-13-9-6-8-12(19)15(13)24-14-10-5-4-7-11(14)18(21)22/h4-5,7,10H,6,8-9H2,1-3H3. The first-order chi connectivity index (χ1) is 11.2. The summed E-state index contributed by atoms with van der Waals surface area (Å²) in [6, 6.07) is 6.21. The Labute approximate surface area is 144 Å². The van der Waals surface area contributed by atoms with Crippen molar-refractivity contribution >= 4 is 29.2 Å². The molecule has 1 aliphatic carbocycles. The summed E-state index contributed by atoms with van der Waals surface area (Å²) < 4.78 is 5.44. The molecule has 0 saturated heterocycles. The number of hydrogen-bond donors (Lipinski definition) is 0. The van der Waals surface area contributed by atoms with Crippen LogP contribution in [0.25, 0.3) is 0 Å². The second-order valence-corrected chi connectivity index (χ2v) is 7.55. The van der Waals surface area contributed by atoms with Crippen molar-refractivity contribution in [2.75, 3.05) is 0 Å². The summed E-state index contributed by atoms with van der Waals surface area (Å²) in [6.45, 7) is 5.19. The molecule has 0 radical (unpaired) electrons. The molecule has 0 N–H and O–H groups in total. The number of esters is 1. The first kappa shape index (κ1) is 18.2. The molecule has 128 valence electrons. The number of nitro benzene ring substituents is 1. The molecule has 0 amide bonds. The van der Waals surface area contributed by atoms with E-state index in [4.69, 9.17) is 4.74 Å². The van der Waals surface area contributed by atoms with Gasteiger partial charge in [-0.25, -0.2) is 0 Å². The van der Waals surface area contributed by atoms with Gasteiger partial charge in [0.25, 0.3) is 5.69 Å². The molecule has 0 fully saturated rings. The molecule has 0 bridgehead atoms. The summed E-state index contributed by atoms with van der Waals surface area (Å²) in [5, 5.41) is 11.1. The predicted octanol–water partition coefficient (Wildman–Crippen LogP) is 4.24. The zero-order valence-electron chi connectivity index (χ0n) is 13.8. The molecule has 24 heavy (non-hydrogen) atoms. The zero-order chi connectivity index (χ0) is 17.9. The predicted molar refractivity (Wildman–Crippen MR) is 90.4 cm³/mol. The van der Waals surface area contributed by atoms with Crippen LogP contribution in [0.1, 0.15) is 40.0 Å². The SMILES string of the molecule is CC(C)(C)C(=O)OC1=C(Sc2ccccc2[N+](=O)[O-])C(=O)CCC1. The van der Waals surface area contributed by atoms with Gasteiger partial charge in [-0.3, -0.25) is 19.7 Å². The van der Waals surface area contributed by atoms with Crippen LogP contribution in [-0.4, -0.2) is 16.7 Å². The van der Waals surface area contributed by atoms with E-state index < -0.39 is 16.3 Å². The molecule has 6 nitrogen and oxygen atoms in total. The van der Waals surface area contributed by atoms with Crippen LogP contribution in [-0.2, 0) is 14.3 Å². The Bertz CT molecular complexity index is 718. The normalized spacial score (nSPS) is 15.4. The number of allylic oxidation sites excluding steroid dienone is 2. The van der Waals surface area contributed by atoms with E-state index in [0.29, 0.717) is 29.9 Å². The monoisotopic (exact) mass is 349 g/mol. The molecule has 0 aliphatic heterocycles. The van der Waals surface area contributed by atoms with Crippen LogP contribution in [0.4, 0.5) is 5.69 Å². The molecule has 0 heterocycles. The average molecular weight is 349 g/mol. The van der Waals surface area contributed by atoms with E-state index in [-0.39, 0.29) is 16.4 Å². The second kappa shape index (κ2) is 7.17. The largest absolute Gasteiger partial charge is 0.429 e. The number of carbonyl (C=O) groups is 2. The number of carbonyl (C=O) groups excluding carboxylic acids is 2. The molecule has 7 heteroatoms. The van der Waals surface area contributed by atoms with Gasteiger partial charge in [-0.15, -0.1) is 0 Å². The molecular formula is C17H19NO5S. The van der Waals surface area contributed by atoms with Crippen LogP contribution < -0.4 is 0 Å². The second-order valence-electron chi connectivity index (χ2n) is 6.50. The summed E-state index contributed by atoms with van der Waals surface area (Å²) >= 11 is 1.000. The molecule has 0 spiro atoms. The third kappa shape index (κ3) is 4.23. The summed E-state index contributed by atoms with van der Waals surface area (Å²) in [4.78, 5) is 35.7. The maximum absolute atomic E-state index is 12.3. The Kier molecular flexibility index (Phi) is 5.43. The van der Waals surface area contributed by atoms with Gasteiger partial charge in [0.15, 0.2) is 5.78 Å². The van der Waals surface area contributed by atoms with E-state index in [1.807, 2.05) is 0 Å². The van der Waals surface area contributed by atoms with Crippen LogP contribution in [0.5, 0.6) is 0 Å². The summed E-state index contributed by atoms with van der Waals surface area (Å²) in [5.74, 6) is -0.261. The third-order valence-corrected chi connectivity index (χ3v) is 4.64. The van der Waals surface area contributed by atoms with Crippen molar-refractivity contribution in [3.8, 4) is 0 Å². The number of ether oxygens (including phenoxy) is 1. The number of nitro groups is 1. The van der Waals surface area contributed by atoms with Crippen LogP contribution >= 0.6 is 11.8 Å². The van der Waals surface area contributed by atoms with Gasteiger partial charge in [0, 0.05) is 18.9 Å². The Balaban J connectivity index is 2.37. The Morgan fingerprint density at radius 3 is 2.54 bits per heavy atom. The molecule has 0 aromatic heterocycles. The van der Waals surface area contributed by atoms with Crippen molar-refractivity contribution < 1.29 is 19.2 Å². The van der Waals surface area contributed by atoms with Gasteiger partial charge in [0.05, 0.1) is 20.1 Å². The van der Waals surface area contributed by atoms with Crippen molar-refractivity contribution in [2.24, 2.45) is 5.41 Å². The fraction of sp³-hybridized carbons (Fsp3) is 0.412. The van der Waals surface area contributed by atoms with E-state index in [0.717, 1.165) is 11.8 Å². The highest BCUT2D eigenvalue weighted by molar-refractivity contribution is 8.04. The molecule has 2 rings (SSSR count). The van der Waals surface area contributed by atoms with E-state index in [1.54, 1.807) is 39.0 Å². The minimum absolute atomic E-state index is 0.0742. The molecule has 0 atom stereocenters. The van der Waals surface area contributed by atoms with E-state index in [9.17, 15) is 19.7 Å². The van der Waals surface area contributed by atoms with Crippen molar-refractivity contribution in [3.05, 3.63) is 45.0 Å². The first-order valence-electron chi connectivity index (χ1n) is 7.60. The van der Waals surface area contributed by atoms with E-state index >= 15 is 0 Å². The number of ketones is 1. The van der Waals surface area contributed by atoms with Gasteiger partial charge in [0.2, 0.25) is 0 Å². The van der Waals surface area contributed by atoms with Crippen molar-refractivity contribution in [2.45, 2.75) is 44.9 Å². The lowest BCUT2D eigenvalue weighted by molar-refractivity contribution is -0.387. The molecule has 1 aliphatic rings. The maximum atomic E-state index is 12.3. The fourth-order valence-electron chi connectivity index (χ4n) is 2.07. The van der Waals surface area contributed by atoms with Crippen molar-refractivity contribution in [1.29, 1.82) is 0 Å². The maximum Gasteiger partial charge on any atom is 0.316 e. The zero-order valence-corrected chi connectivity index (χ0v) is 14.6. The minimum Gasteiger partial charge on any atom is -0.429 e. The molecule has 0 unspecified atom stereocenters. The number of para-hydroxylation sites is 1. The average Bonchev–Trinajstić information content (AvgIpc) is 2.50. The molecule has 1 aromatic carbocycles. The highest BCUT2D eigenvalue weighted by Gasteiger charge is 2.30. The minimum atomic E-state index is -0.692. The molecule has 0 saturated carbocycles. The van der Waals surface area contributed by atoms with Crippen LogP contribution in [0.15, 0.2) is 39.8 Å². The van der Waals surface area contributed by atoms with Crippen LogP contribution in [0.2, 0.25) is 0 Å². The lowest BCUT2D eigenvalue weighted by Gasteiger charge is -2.22.